The Labute approximate surface area is 266 Å². The summed E-state index contributed by atoms with van der Waals surface area (Å²) in [5.41, 5.74) is 3.34. The Morgan fingerprint density at radius 2 is 1.74 bits per heavy atom. The summed E-state index contributed by atoms with van der Waals surface area (Å²) in [6.45, 7) is 7.08. The molecule has 246 valence electrons. The van der Waals surface area contributed by atoms with E-state index < -0.39 is 24.2 Å². The van der Waals surface area contributed by atoms with Crippen molar-refractivity contribution in [1.82, 2.24) is 19.5 Å². The SMILES string of the molecule is CC(=O)Nc1cccc(OC(F)F)c1.CC(C)(OC(=O)CCC(=O)O)c1ncc(-c2ccc3nc4n(c3c2)CCC4)cn1.CCC. The number of alkyl halides is 2. The van der Waals surface area contributed by atoms with E-state index in [1.165, 1.54) is 31.5 Å². The molecule has 2 aromatic heterocycles. The molecule has 0 aliphatic carbocycles. The van der Waals surface area contributed by atoms with Crippen LogP contribution in [-0.2, 0) is 37.7 Å². The molecule has 0 saturated carbocycles. The zero-order chi connectivity index (χ0) is 33.9. The topological polar surface area (TPSA) is 146 Å². The first kappa shape index (κ1) is 35.5. The normalized spacial score (nSPS) is 11.9. The summed E-state index contributed by atoms with van der Waals surface area (Å²) >= 11 is 0. The number of anilines is 1. The summed E-state index contributed by atoms with van der Waals surface area (Å²) in [6, 6.07) is 11.9. The van der Waals surface area contributed by atoms with Crippen molar-refractivity contribution in [3.63, 3.8) is 0 Å². The third kappa shape index (κ3) is 10.3. The van der Waals surface area contributed by atoms with Gasteiger partial charge in [-0.2, -0.15) is 8.78 Å². The van der Waals surface area contributed by atoms with Crippen LogP contribution in [0.4, 0.5) is 14.5 Å². The predicted octanol–water partition coefficient (Wildman–Crippen LogP) is 6.75. The lowest BCUT2D eigenvalue weighted by Gasteiger charge is -2.23. The highest BCUT2D eigenvalue weighted by Gasteiger charge is 2.29. The van der Waals surface area contributed by atoms with Crippen molar-refractivity contribution in [3.05, 3.63) is 66.5 Å². The van der Waals surface area contributed by atoms with E-state index >= 15 is 0 Å². The molecule has 0 unspecified atom stereocenters. The van der Waals surface area contributed by atoms with Gasteiger partial charge in [0.2, 0.25) is 5.91 Å². The van der Waals surface area contributed by atoms with Crippen molar-refractivity contribution in [2.24, 2.45) is 0 Å². The van der Waals surface area contributed by atoms with Gasteiger partial charge in [-0.1, -0.05) is 32.4 Å². The van der Waals surface area contributed by atoms with E-state index in [1.807, 2.05) is 12.1 Å². The molecule has 1 aliphatic heterocycles. The number of benzene rings is 2. The van der Waals surface area contributed by atoms with Crippen molar-refractivity contribution in [2.45, 2.75) is 85.5 Å². The van der Waals surface area contributed by atoms with Gasteiger partial charge in [0.25, 0.3) is 0 Å². The largest absolute Gasteiger partial charge is 0.481 e. The molecule has 1 amide bonds. The summed E-state index contributed by atoms with van der Waals surface area (Å²) in [6.07, 6.45) is 6.35. The molecular formula is C33H39F2N5O6. The number of carboxylic acids is 1. The smallest absolute Gasteiger partial charge is 0.387 e. The van der Waals surface area contributed by atoms with Crippen LogP contribution in [0.25, 0.3) is 22.2 Å². The van der Waals surface area contributed by atoms with Crippen LogP contribution in [-0.4, -0.2) is 49.1 Å². The molecule has 1 aliphatic rings. The molecule has 0 spiro atoms. The Balaban J connectivity index is 0.000000284. The lowest BCUT2D eigenvalue weighted by atomic mass is 10.1. The third-order valence-electron chi connectivity index (χ3n) is 6.42. The van der Waals surface area contributed by atoms with Gasteiger partial charge < -0.3 is 24.5 Å². The van der Waals surface area contributed by atoms with Gasteiger partial charge in [0.1, 0.15) is 11.6 Å². The Kier molecular flexibility index (Phi) is 12.7. The average molecular weight is 640 g/mol. The number of carbonyl (C=O) groups is 3. The zero-order valence-corrected chi connectivity index (χ0v) is 26.5. The first-order chi connectivity index (χ1) is 21.8. The van der Waals surface area contributed by atoms with Gasteiger partial charge in [-0.15, -0.1) is 0 Å². The maximum atomic E-state index is 11.9. The molecule has 4 aromatic rings. The first-order valence-corrected chi connectivity index (χ1v) is 14.9. The van der Waals surface area contributed by atoms with E-state index in [4.69, 9.17) is 9.84 Å². The minimum Gasteiger partial charge on any atom is -0.481 e. The van der Waals surface area contributed by atoms with Crippen molar-refractivity contribution in [1.29, 1.82) is 0 Å². The van der Waals surface area contributed by atoms with Gasteiger partial charge >= 0.3 is 18.6 Å². The number of nitrogens with zero attached hydrogens (tertiary/aromatic N) is 4. The van der Waals surface area contributed by atoms with Crippen LogP contribution < -0.4 is 10.1 Å². The van der Waals surface area contributed by atoms with E-state index in [-0.39, 0.29) is 24.5 Å². The highest BCUT2D eigenvalue weighted by atomic mass is 19.3. The number of nitrogens with one attached hydrogen (secondary N) is 1. The molecule has 0 radical (unpaired) electrons. The van der Waals surface area contributed by atoms with Gasteiger partial charge in [-0.05, 0) is 50.1 Å². The second-order valence-corrected chi connectivity index (χ2v) is 11.0. The van der Waals surface area contributed by atoms with Crippen LogP contribution in [0.5, 0.6) is 5.75 Å². The van der Waals surface area contributed by atoms with Crippen molar-refractivity contribution < 1.29 is 37.7 Å². The molecule has 0 bridgehead atoms. The number of aromatic nitrogens is 4. The Hall–Kier alpha value is -4.94. The number of aliphatic carboxylic acids is 1. The van der Waals surface area contributed by atoms with Crippen LogP contribution in [0, 0.1) is 0 Å². The summed E-state index contributed by atoms with van der Waals surface area (Å²) in [5, 5.41) is 11.1. The maximum absolute atomic E-state index is 11.9. The number of ether oxygens (including phenoxy) is 2. The van der Waals surface area contributed by atoms with Gasteiger partial charge in [0, 0.05) is 49.6 Å². The number of fused-ring (bicyclic) bond motifs is 3. The second-order valence-electron chi connectivity index (χ2n) is 11.0. The fraction of sp³-hybridized carbons (Fsp3) is 0.394. The summed E-state index contributed by atoms with van der Waals surface area (Å²) < 4.78 is 35.4. The molecule has 46 heavy (non-hydrogen) atoms. The van der Waals surface area contributed by atoms with Gasteiger partial charge in [-0.3, -0.25) is 14.4 Å². The van der Waals surface area contributed by atoms with Crippen molar-refractivity contribution >= 4 is 34.6 Å². The van der Waals surface area contributed by atoms with Crippen molar-refractivity contribution in [2.75, 3.05) is 5.32 Å². The molecule has 3 heterocycles. The number of carbonyl (C=O) groups excluding carboxylic acids is 2. The number of hydrogen-bond acceptors (Lipinski definition) is 8. The van der Waals surface area contributed by atoms with Crippen LogP contribution in [0.2, 0.25) is 0 Å². The average Bonchev–Trinajstić information content (AvgIpc) is 3.58. The third-order valence-corrected chi connectivity index (χ3v) is 6.42. The Morgan fingerprint density at radius 1 is 1.04 bits per heavy atom. The number of amides is 1. The van der Waals surface area contributed by atoms with Crippen LogP contribution in [0.1, 0.15) is 72.0 Å². The van der Waals surface area contributed by atoms with Crippen LogP contribution in [0.3, 0.4) is 0 Å². The lowest BCUT2D eigenvalue weighted by molar-refractivity contribution is -0.160. The highest BCUT2D eigenvalue weighted by Crippen LogP contribution is 2.29. The Morgan fingerprint density at radius 3 is 2.37 bits per heavy atom. The number of aryl methyl sites for hydroxylation is 2. The number of imidazole rings is 1. The van der Waals surface area contributed by atoms with Crippen LogP contribution in [0.15, 0.2) is 54.9 Å². The summed E-state index contributed by atoms with van der Waals surface area (Å²) in [5.74, 6) is -0.386. The second kappa shape index (κ2) is 16.4. The molecule has 0 fully saturated rings. The van der Waals surface area contributed by atoms with Crippen LogP contribution >= 0.6 is 0 Å². The molecule has 0 atom stereocenters. The van der Waals surface area contributed by atoms with Gasteiger partial charge in [0.05, 0.1) is 23.9 Å². The van der Waals surface area contributed by atoms with Gasteiger partial charge in [-0.25, -0.2) is 15.0 Å². The number of esters is 1. The minimum atomic E-state index is -2.86. The summed E-state index contributed by atoms with van der Waals surface area (Å²) in [4.78, 5) is 46.6. The molecule has 0 saturated heterocycles. The number of hydrogen-bond donors (Lipinski definition) is 2. The van der Waals surface area contributed by atoms with E-state index in [2.05, 4.69) is 49.5 Å². The molecule has 11 nitrogen and oxygen atoms in total. The van der Waals surface area contributed by atoms with Crippen molar-refractivity contribution in [3.8, 4) is 16.9 Å². The molecule has 2 aromatic carbocycles. The fourth-order valence-corrected chi connectivity index (χ4v) is 4.52. The van der Waals surface area contributed by atoms with E-state index in [9.17, 15) is 23.2 Å². The molecular weight excluding hydrogens is 600 g/mol. The minimum absolute atomic E-state index is 0.0197. The monoisotopic (exact) mass is 639 g/mol. The molecule has 2 N–H and O–H groups in total. The number of carboxylic acid groups (broad SMARTS) is 1. The summed E-state index contributed by atoms with van der Waals surface area (Å²) in [7, 11) is 0. The quantitative estimate of drug-likeness (QED) is 0.190. The Bertz CT molecular complexity index is 1640. The first-order valence-electron chi connectivity index (χ1n) is 14.9. The highest BCUT2D eigenvalue weighted by molar-refractivity contribution is 5.88. The van der Waals surface area contributed by atoms with Gasteiger partial charge in [0.15, 0.2) is 11.4 Å². The van der Waals surface area contributed by atoms with E-state index in [0.29, 0.717) is 11.5 Å². The maximum Gasteiger partial charge on any atom is 0.387 e. The fourth-order valence-electron chi connectivity index (χ4n) is 4.52. The standard InChI is InChI=1S/C21H22N4O4.C9H9F2NO2.C3H8/c1-21(2,29-19(28)8-7-18(26)27)20-22-11-14(12-23-20)13-5-6-15-16(10-13)25-9-3-4-17(25)24-15;1-6(13)12-7-3-2-4-8(5-7)14-9(10)11;1-3-2/h5-6,10-12H,3-4,7-9H2,1-2H3,(H,26,27);2-5,9H,1H3,(H,12,13);3H2,1-2H3. The molecule has 13 heteroatoms. The lowest BCUT2D eigenvalue weighted by Crippen LogP contribution is -2.28. The van der Waals surface area contributed by atoms with E-state index in [0.717, 1.165) is 47.4 Å². The van der Waals surface area contributed by atoms with E-state index in [1.54, 1.807) is 32.3 Å². The zero-order valence-electron chi connectivity index (χ0n) is 26.5. The number of halogens is 2. The number of rotatable bonds is 9. The predicted molar refractivity (Wildman–Crippen MR) is 168 cm³/mol. The molecule has 5 rings (SSSR count).